The molecule has 0 aliphatic rings. The van der Waals surface area contributed by atoms with Crippen LogP contribution in [0, 0.1) is 13.8 Å². The molecule has 0 atom stereocenters. The van der Waals surface area contributed by atoms with Crippen molar-refractivity contribution in [2.24, 2.45) is 0 Å². The largest absolute Gasteiger partial charge is 0.282 e. The lowest BCUT2D eigenvalue weighted by Crippen LogP contribution is -1.95. The second kappa shape index (κ2) is 4.76. The molecule has 0 aliphatic carbocycles. The van der Waals surface area contributed by atoms with E-state index in [-0.39, 0.29) is 5.12 Å². The van der Waals surface area contributed by atoms with Crippen LogP contribution < -0.4 is 0 Å². The number of hydrogen-bond acceptors (Lipinski definition) is 1. The lowest BCUT2D eigenvalue weighted by Gasteiger charge is -2.10. The van der Waals surface area contributed by atoms with Crippen molar-refractivity contribution in [3.63, 3.8) is 0 Å². The monoisotopic (exact) mass is 242 g/mol. The molecule has 0 spiro atoms. The molecule has 0 saturated carbocycles. The number of thiol groups is 1. The average Bonchev–Trinajstić information content (AvgIpc) is 2.29. The summed E-state index contributed by atoms with van der Waals surface area (Å²) in [5.41, 5.74) is 5.01. The Labute approximate surface area is 107 Å². The standard InChI is InChI=1S/C15H14OS/c1-10-7-8-13(15(16)17)14(9-10)12-6-4-3-5-11(12)2/h3-9H,1-2H3,(H,16,17). The van der Waals surface area contributed by atoms with Crippen molar-refractivity contribution in [3.8, 4) is 11.1 Å². The van der Waals surface area contributed by atoms with Gasteiger partial charge in [-0.05, 0) is 36.6 Å². The predicted molar refractivity (Wildman–Crippen MR) is 74.7 cm³/mol. The molecule has 86 valence electrons. The summed E-state index contributed by atoms with van der Waals surface area (Å²) in [5, 5.41) is -0.191. The van der Waals surface area contributed by atoms with Gasteiger partial charge in [-0.25, -0.2) is 0 Å². The third kappa shape index (κ3) is 2.42. The molecule has 0 saturated heterocycles. The van der Waals surface area contributed by atoms with E-state index in [1.807, 2.05) is 56.3 Å². The van der Waals surface area contributed by atoms with Crippen molar-refractivity contribution in [3.05, 3.63) is 59.2 Å². The van der Waals surface area contributed by atoms with Crippen LogP contribution >= 0.6 is 12.6 Å². The van der Waals surface area contributed by atoms with E-state index >= 15 is 0 Å². The van der Waals surface area contributed by atoms with Crippen molar-refractivity contribution < 1.29 is 4.79 Å². The molecule has 17 heavy (non-hydrogen) atoms. The molecule has 2 aromatic rings. The van der Waals surface area contributed by atoms with Crippen LogP contribution in [-0.4, -0.2) is 5.12 Å². The fourth-order valence-electron chi connectivity index (χ4n) is 1.94. The molecule has 0 amide bonds. The van der Waals surface area contributed by atoms with Crippen LogP contribution in [-0.2, 0) is 0 Å². The van der Waals surface area contributed by atoms with Crippen LogP contribution in [0.15, 0.2) is 42.5 Å². The third-order valence-electron chi connectivity index (χ3n) is 2.84. The zero-order valence-electron chi connectivity index (χ0n) is 9.90. The topological polar surface area (TPSA) is 17.1 Å². The Morgan fingerprint density at radius 2 is 1.71 bits per heavy atom. The highest BCUT2D eigenvalue weighted by molar-refractivity contribution is 7.97. The molecule has 2 rings (SSSR count). The van der Waals surface area contributed by atoms with Gasteiger partial charge in [0.25, 0.3) is 0 Å². The quantitative estimate of drug-likeness (QED) is 0.786. The van der Waals surface area contributed by atoms with E-state index in [9.17, 15) is 4.79 Å². The molecule has 2 aromatic carbocycles. The van der Waals surface area contributed by atoms with E-state index in [4.69, 9.17) is 0 Å². The molecule has 0 bridgehead atoms. The molecule has 2 heteroatoms. The Morgan fingerprint density at radius 3 is 2.35 bits per heavy atom. The summed E-state index contributed by atoms with van der Waals surface area (Å²) < 4.78 is 0. The zero-order valence-corrected chi connectivity index (χ0v) is 10.8. The number of aryl methyl sites for hydroxylation is 2. The maximum atomic E-state index is 11.5. The fraction of sp³-hybridized carbons (Fsp3) is 0.133. The first kappa shape index (κ1) is 11.9. The maximum absolute atomic E-state index is 11.5. The van der Waals surface area contributed by atoms with Gasteiger partial charge in [-0.3, -0.25) is 4.79 Å². The summed E-state index contributed by atoms with van der Waals surface area (Å²) in [6.45, 7) is 4.07. The van der Waals surface area contributed by atoms with Crippen LogP contribution in [0.5, 0.6) is 0 Å². The van der Waals surface area contributed by atoms with Crippen molar-refractivity contribution in [1.29, 1.82) is 0 Å². The van der Waals surface area contributed by atoms with Crippen LogP contribution in [0.25, 0.3) is 11.1 Å². The summed E-state index contributed by atoms with van der Waals surface area (Å²) in [4.78, 5) is 11.5. The van der Waals surface area contributed by atoms with Crippen LogP contribution in [0.1, 0.15) is 21.5 Å². The first-order valence-electron chi connectivity index (χ1n) is 5.49. The van der Waals surface area contributed by atoms with Gasteiger partial charge in [-0.1, -0.05) is 42.0 Å². The lowest BCUT2D eigenvalue weighted by atomic mass is 9.95. The normalized spacial score (nSPS) is 10.3. The van der Waals surface area contributed by atoms with Gasteiger partial charge in [0.15, 0.2) is 0 Å². The summed E-state index contributed by atoms with van der Waals surface area (Å²) >= 11 is 3.94. The van der Waals surface area contributed by atoms with Crippen LogP contribution in [0.2, 0.25) is 0 Å². The number of benzene rings is 2. The van der Waals surface area contributed by atoms with E-state index in [0.29, 0.717) is 5.56 Å². The van der Waals surface area contributed by atoms with Gasteiger partial charge in [0.05, 0.1) is 0 Å². The first-order valence-corrected chi connectivity index (χ1v) is 5.94. The predicted octanol–water partition coefficient (Wildman–Crippen LogP) is 4.04. The summed E-state index contributed by atoms with van der Waals surface area (Å²) in [6.07, 6.45) is 0. The van der Waals surface area contributed by atoms with Gasteiger partial charge in [-0.2, -0.15) is 0 Å². The van der Waals surface area contributed by atoms with E-state index in [2.05, 4.69) is 12.6 Å². The van der Waals surface area contributed by atoms with Crippen molar-refractivity contribution in [2.45, 2.75) is 13.8 Å². The number of carbonyl (C=O) groups excluding carboxylic acids is 1. The average molecular weight is 242 g/mol. The Morgan fingerprint density at radius 1 is 1.00 bits per heavy atom. The highest BCUT2D eigenvalue weighted by atomic mass is 32.1. The first-order chi connectivity index (χ1) is 8.09. The molecule has 0 radical (unpaired) electrons. The molecule has 0 heterocycles. The van der Waals surface area contributed by atoms with Gasteiger partial charge < -0.3 is 0 Å². The minimum Gasteiger partial charge on any atom is -0.282 e. The summed E-state index contributed by atoms with van der Waals surface area (Å²) in [5.74, 6) is 0. The SMILES string of the molecule is Cc1ccc(C(=O)S)c(-c2ccccc2C)c1. The smallest absolute Gasteiger partial charge is 0.216 e. The Hall–Kier alpha value is -1.54. The van der Waals surface area contributed by atoms with E-state index in [1.54, 1.807) is 0 Å². The Balaban J connectivity index is 2.70. The van der Waals surface area contributed by atoms with E-state index in [1.165, 1.54) is 0 Å². The van der Waals surface area contributed by atoms with Gasteiger partial charge in [0.1, 0.15) is 0 Å². The van der Waals surface area contributed by atoms with Gasteiger partial charge in [0, 0.05) is 5.56 Å². The van der Waals surface area contributed by atoms with Crippen LogP contribution in [0.4, 0.5) is 0 Å². The highest BCUT2D eigenvalue weighted by Crippen LogP contribution is 2.28. The van der Waals surface area contributed by atoms with Crippen molar-refractivity contribution >= 4 is 17.7 Å². The summed E-state index contributed by atoms with van der Waals surface area (Å²) in [6, 6.07) is 13.9. The lowest BCUT2D eigenvalue weighted by molar-refractivity contribution is 0.109. The molecule has 1 nitrogen and oxygen atoms in total. The third-order valence-corrected chi connectivity index (χ3v) is 3.08. The molecule has 0 aliphatic heterocycles. The number of rotatable bonds is 2. The van der Waals surface area contributed by atoms with Crippen molar-refractivity contribution in [2.75, 3.05) is 0 Å². The number of hydrogen-bond donors (Lipinski definition) is 1. The van der Waals surface area contributed by atoms with Gasteiger partial charge >= 0.3 is 0 Å². The van der Waals surface area contributed by atoms with E-state index < -0.39 is 0 Å². The summed E-state index contributed by atoms with van der Waals surface area (Å²) in [7, 11) is 0. The molecular weight excluding hydrogens is 228 g/mol. The fourth-order valence-corrected chi connectivity index (χ4v) is 2.14. The Kier molecular flexibility index (Phi) is 3.34. The number of carbonyl (C=O) groups is 1. The maximum Gasteiger partial charge on any atom is 0.216 e. The van der Waals surface area contributed by atoms with Crippen molar-refractivity contribution in [1.82, 2.24) is 0 Å². The minimum absolute atomic E-state index is 0.191. The highest BCUT2D eigenvalue weighted by Gasteiger charge is 2.11. The molecule has 0 fully saturated rings. The minimum atomic E-state index is -0.191. The zero-order chi connectivity index (χ0) is 12.4. The molecule has 0 N–H and O–H groups in total. The molecule has 0 aromatic heterocycles. The Bertz CT molecular complexity index is 573. The molecular formula is C15H14OS. The molecule has 0 unspecified atom stereocenters. The van der Waals surface area contributed by atoms with Crippen LogP contribution in [0.3, 0.4) is 0 Å². The van der Waals surface area contributed by atoms with E-state index in [0.717, 1.165) is 22.3 Å². The second-order valence-electron chi connectivity index (χ2n) is 4.17. The van der Waals surface area contributed by atoms with Gasteiger partial charge in [0.2, 0.25) is 5.12 Å². The van der Waals surface area contributed by atoms with Gasteiger partial charge in [-0.15, -0.1) is 12.6 Å². The second-order valence-corrected chi connectivity index (χ2v) is 4.58.